The normalized spacial score (nSPS) is 10.7. The number of nitrogens with one attached hydrogen (secondary N) is 1. The van der Waals surface area contributed by atoms with Gasteiger partial charge in [-0.25, -0.2) is 4.79 Å². The molecule has 7 heteroatoms. The largest absolute Gasteiger partial charge is 0.482 e. The molecule has 0 amide bonds. The molecule has 0 bridgehead atoms. The zero-order chi connectivity index (χ0) is 14.8. The number of hydrogen-bond acceptors (Lipinski definition) is 5. The molecule has 0 atom stereocenters. The second-order valence-electron chi connectivity index (χ2n) is 4.36. The van der Waals surface area contributed by atoms with Crippen LogP contribution in [0.4, 0.5) is 5.69 Å². The molecule has 21 heavy (non-hydrogen) atoms. The van der Waals surface area contributed by atoms with Crippen molar-refractivity contribution in [1.29, 1.82) is 0 Å². The minimum atomic E-state index is -0.667. The first kappa shape index (κ1) is 12.9. The lowest BCUT2D eigenvalue weighted by atomic mass is 10.2. The van der Waals surface area contributed by atoms with E-state index in [1.54, 1.807) is 0 Å². The molecule has 0 unspecified atom stereocenters. The van der Waals surface area contributed by atoms with Gasteiger partial charge in [-0.05, 0) is 5.56 Å². The Morgan fingerprint density at radius 1 is 1.24 bits per heavy atom. The van der Waals surface area contributed by atoms with Gasteiger partial charge in [0.25, 0.3) is 0 Å². The van der Waals surface area contributed by atoms with Crippen molar-refractivity contribution in [2.45, 2.75) is 6.61 Å². The molecular weight excluding hydrogens is 276 g/mol. The summed E-state index contributed by atoms with van der Waals surface area (Å²) in [6, 6.07) is 11.8. The lowest BCUT2D eigenvalue weighted by molar-refractivity contribution is -0.385. The van der Waals surface area contributed by atoms with Crippen LogP contribution in [0.1, 0.15) is 5.56 Å². The van der Waals surface area contributed by atoms with E-state index >= 15 is 0 Å². The predicted octanol–water partition coefficient (Wildman–Crippen LogP) is 2.61. The highest BCUT2D eigenvalue weighted by molar-refractivity contribution is 5.78. The smallest absolute Gasteiger partial charge is 0.417 e. The molecule has 0 fully saturated rings. The summed E-state index contributed by atoms with van der Waals surface area (Å²) in [6.45, 7) is 0.190. The average Bonchev–Trinajstić information content (AvgIpc) is 2.84. The summed E-state index contributed by atoms with van der Waals surface area (Å²) in [5, 5.41) is 11.1. The van der Waals surface area contributed by atoms with Gasteiger partial charge >= 0.3 is 11.4 Å². The maximum Gasteiger partial charge on any atom is 0.417 e. The SMILES string of the molecule is O=c1[nH]c2cc(OCc3ccccc3)c([N+](=O)[O-])cc2o1. The van der Waals surface area contributed by atoms with E-state index in [-0.39, 0.29) is 23.6 Å². The van der Waals surface area contributed by atoms with Gasteiger partial charge in [0.1, 0.15) is 6.61 Å². The standard InChI is InChI=1S/C14H10N2O5/c17-14-15-10-6-13(11(16(18)19)7-12(10)21-14)20-8-9-4-2-1-3-5-9/h1-7H,8H2,(H,15,17). The highest BCUT2D eigenvalue weighted by Gasteiger charge is 2.19. The summed E-state index contributed by atoms with van der Waals surface area (Å²) in [7, 11) is 0. The number of nitrogens with zero attached hydrogens (tertiary/aromatic N) is 1. The lowest BCUT2D eigenvalue weighted by Gasteiger charge is -2.06. The number of fused-ring (bicyclic) bond motifs is 1. The zero-order valence-corrected chi connectivity index (χ0v) is 10.7. The lowest BCUT2D eigenvalue weighted by Crippen LogP contribution is -1.99. The molecule has 0 saturated heterocycles. The molecule has 0 radical (unpaired) electrons. The predicted molar refractivity (Wildman–Crippen MR) is 74.3 cm³/mol. The Morgan fingerprint density at radius 2 is 2.00 bits per heavy atom. The van der Waals surface area contributed by atoms with Crippen LogP contribution in [0.25, 0.3) is 11.1 Å². The summed E-state index contributed by atoms with van der Waals surface area (Å²) in [6.07, 6.45) is 0. The van der Waals surface area contributed by atoms with E-state index in [4.69, 9.17) is 9.15 Å². The fourth-order valence-corrected chi connectivity index (χ4v) is 1.96. The second-order valence-corrected chi connectivity index (χ2v) is 4.36. The first-order valence-corrected chi connectivity index (χ1v) is 6.11. The maximum atomic E-state index is 11.1. The molecule has 3 aromatic rings. The number of aromatic amines is 1. The van der Waals surface area contributed by atoms with E-state index in [1.165, 1.54) is 12.1 Å². The van der Waals surface area contributed by atoms with E-state index in [9.17, 15) is 14.9 Å². The number of ether oxygens (including phenoxy) is 1. The Morgan fingerprint density at radius 3 is 2.71 bits per heavy atom. The number of nitro benzene ring substituents is 1. The quantitative estimate of drug-likeness (QED) is 0.587. The molecule has 1 heterocycles. The third-order valence-electron chi connectivity index (χ3n) is 2.93. The Labute approximate surface area is 117 Å². The van der Waals surface area contributed by atoms with Gasteiger partial charge < -0.3 is 9.15 Å². The number of benzene rings is 2. The van der Waals surface area contributed by atoms with E-state index < -0.39 is 10.7 Å². The van der Waals surface area contributed by atoms with Crippen molar-refractivity contribution < 1.29 is 14.1 Å². The van der Waals surface area contributed by atoms with Crippen LogP contribution in [0.15, 0.2) is 51.7 Å². The van der Waals surface area contributed by atoms with Crippen molar-refractivity contribution in [2.24, 2.45) is 0 Å². The summed E-state index contributed by atoms with van der Waals surface area (Å²) >= 11 is 0. The van der Waals surface area contributed by atoms with Crippen molar-refractivity contribution in [2.75, 3.05) is 0 Å². The number of hydrogen-bond donors (Lipinski definition) is 1. The number of nitro groups is 1. The second kappa shape index (κ2) is 5.12. The molecule has 0 aliphatic heterocycles. The van der Waals surface area contributed by atoms with E-state index in [1.807, 2.05) is 30.3 Å². The van der Waals surface area contributed by atoms with Gasteiger partial charge in [-0.1, -0.05) is 30.3 Å². The molecule has 1 N–H and O–H groups in total. The summed E-state index contributed by atoms with van der Waals surface area (Å²) in [5.41, 5.74) is 1.11. The minimum absolute atomic E-state index is 0.0772. The maximum absolute atomic E-state index is 11.1. The molecule has 1 aromatic heterocycles. The van der Waals surface area contributed by atoms with Crippen LogP contribution in [0.2, 0.25) is 0 Å². The van der Waals surface area contributed by atoms with E-state index in [0.29, 0.717) is 5.52 Å². The highest BCUT2D eigenvalue weighted by atomic mass is 16.6. The van der Waals surface area contributed by atoms with Crippen molar-refractivity contribution in [3.05, 3.63) is 68.7 Å². The number of aromatic nitrogens is 1. The van der Waals surface area contributed by atoms with Gasteiger partial charge in [0.15, 0.2) is 11.3 Å². The highest BCUT2D eigenvalue weighted by Crippen LogP contribution is 2.31. The first-order chi connectivity index (χ1) is 10.1. The van der Waals surface area contributed by atoms with Crippen LogP contribution < -0.4 is 10.5 Å². The Balaban J connectivity index is 1.97. The summed E-state index contributed by atoms with van der Waals surface area (Å²) in [4.78, 5) is 24.1. The van der Waals surface area contributed by atoms with Crippen molar-refractivity contribution in [3.8, 4) is 5.75 Å². The van der Waals surface area contributed by atoms with Crippen LogP contribution in [0.3, 0.4) is 0 Å². The molecule has 3 rings (SSSR count). The van der Waals surface area contributed by atoms with Crippen LogP contribution in [0.5, 0.6) is 5.75 Å². The van der Waals surface area contributed by atoms with Gasteiger partial charge in [0.05, 0.1) is 16.5 Å². The average molecular weight is 286 g/mol. The van der Waals surface area contributed by atoms with Gasteiger partial charge in [-0.2, -0.15) is 0 Å². The van der Waals surface area contributed by atoms with Crippen molar-refractivity contribution in [3.63, 3.8) is 0 Å². The molecule has 106 valence electrons. The van der Waals surface area contributed by atoms with Gasteiger partial charge in [0.2, 0.25) is 0 Å². The molecule has 0 saturated carbocycles. The summed E-state index contributed by atoms with van der Waals surface area (Å²) in [5.74, 6) is -0.590. The van der Waals surface area contributed by atoms with Crippen molar-refractivity contribution >= 4 is 16.8 Å². The van der Waals surface area contributed by atoms with Crippen LogP contribution in [-0.2, 0) is 6.61 Å². The number of rotatable bonds is 4. The molecule has 2 aromatic carbocycles. The Hall–Kier alpha value is -3.09. The molecular formula is C14H10N2O5. The molecule has 7 nitrogen and oxygen atoms in total. The van der Waals surface area contributed by atoms with E-state index in [2.05, 4.69) is 4.98 Å². The van der Waals surface area contributed by atoms with Crippen LogP contribution in [-0.4, -0.2) is 9.91 Å². The van der Waals surface area contributed by atoms with E-state index in [0.717, 1.165) is 5.56 Å². The van der Waals surface area contributed by atoms with Gasteiger partial charge in [0, 0.05) is 6.07 Å². The fourth-order valence-electron chi connectivity index (χ4n) is 1.96. The topological polar surface area (TPSA) is 98.4 Å². The number of H-pyrrole nitrogens is 1. The van der Waals surface area contributed by atoms with Gasteiger partial charge in [-0.3, -0.25) is 15.1 Å². The third kappa shape index (κ3) is 2.62. The fraction of sp³-hybridized carbons (Fsp3) is 0.0714. The van der Waals surface area contributed by atoms with Gasteiger partial charge in [-0.15, -0.1) is 0 Å². The zero-order valence-electron chi connectivity index (χ0n) is 10.7. The summed E-state index contributed by atoms with van der Waals surface area (Å²) < 4.78 is 10.3. The molecule has 0 aliphatic rings. The van der Waals surface area contributed by atoms with Crippen molar-refractivity contribution in [1.82, 2.24) is 4.98 Å². The monoisotopic (exact) mass is 286 g/mol. The number of oxazole rings is 1. The molecule has 0 spiro atoms. The third-order valence-corrected chi connectivity index (χ3v) is 2.93. The first-order valence-electron chi connectivity index (χ1n) is 6.11. The Kier molecular flexibility index (Phi) is 3.15. The Bertz CT molecular complexity index is 851. The minimum Gasteiger partial charge on any atom is -0.482 e. The van der Waals surface area contributed by atoms with Crippen LogP contribution >= 0.6 is 0 Å². The van der Waals surface area contributed by atoms with Crippen LogP contribution in [0, 0.1) is 10.1 Å². The molecule has 0 aliphatic carbocycles.